The minimum Gasteiger partial charge on any atom is -0.325 e. The van der Waals surface area contributed by atoms with Crippen LogP contribution < -0.4 is 15.1 Å². The standard InChI is InChI=1S/C32H21FN4O6S2/c33-20-8-5-18(6-9-20)25-26-27(30(40)36(29(26)39)22-11-13-23(14-12-22)37(42)43)44-31-28(25)45-32(41)35(31)16-24(38)34-21-10-7-17-3-1-2-4-19(17)15-21/h1-15,25-27H,16H2,(H,34,38)/t25-,26?,27?/m1/s1. The Labute approximate surface area is 262 Å². The number of rotatable bonds is 6. The molecule has 0 bridgehead atoms. The van der Waals surface area contributed by atoms with Gasteiger partial charge in [0.2, 0.25) is 17.7 Å². The highest BCUT2D eigenvalue weighted by Crippen LogP contribution is 2.54. The highest BCUT2D eigenvalue weighted by Gasteiger charge is 2.56. The number of nitro benzene ring substituents is 1. The summed E-state index contributed by atoms with van der Waals surface area (Å²) in [7, 11) is 0. The summed E-state index contributed by atoms with van der Waals surface area (Å²) >= 11 is 1.93. The second-order valence-corrected chi connectivity index (χ2v) is 12.7. The molecule has 3 amide bonds. The molecule has 3 atom stereocenters. The Morgan fingerprint density at radius 3 is 2.33 bits per heavy atom. The first-order valence-electron chi connectivity index (χ1n) is 13.8. The molecule has 2 unspecified atom stereocenters. The number of nitrogens with one attached hydrogen (secondary N) is 1. The van der Waals surface area contributed by atoms with Gasteiger partial charge in [-0.25, -0.2) is 9.29 Å². The number of nitrogens with zero attached hydrogens (tertiary/aromatic N) is 3. The fourth-order valence-corrected chi connectivity index (χ4v) is 8.65. The number of anilines is 2. The van der Waals surface area contributed by atoms with E-state index in [1.165, 1.54) is 53.1 Å². The summed E-state index contributed by atoms with van der Waals surface area (Å²) < 4.78 is 15.2. The summed E-state index contributed by atoms with van der Waals surface area (Å²) in [5, 5.41) is 15.4. The van der Waals surface area contributed by atoms with Crippen LogP contribution in [-0.4, -0.2) is 32.5 Å². The van der Waals surface area contributed by atoms with Gasteiger partial charge < -0.3 is 5.32 Å². The van der Waals surface area contributed by atoms with Crippen molar-refractivity contribution < 1.29 is 23.7 Å². The molecule has 1 saturated heterocycles. The van der Waals surface area contributed by atoms with E-state index in [-0.39, 0.29) is 17.9 Å². The normalized spacial score (nSPS) is 19.0. The zero-order valence-electron chi connectivity index (χ0n) is 23.1. The van der Waals surface area contributed by atoms with Gasteiger partial charge in [-0.3, -0.25) is 33.9 Å². The maximum Gasteiger partial charge on any atom is 0.308 e. The Hall–Kier alpha value is -5.14. The minimum absolute atomic E-state index is 0.180. The summed E-state index contributed by atoms with van der Waals surface area (Å²) in [4.78, 5) is 66.0. The quantitative estimate of drug-likeness (QED) is 0.146. The number of nitro groups is 1. The number of aromatic nitrogens is 1. The van der Waals surface area contributed by atoms with Gasteiger partial charge in [0.25, 0.3) is 5.69 Å². The molecule has 0 radical (unpaired) electrons. The van der Waals surface area contributed by atoms with Crippen molar-refractivity contribution in [1.29, 1.82) is 0 Å². The molecule has 13 heteroatoms. The summed E-state index contributed by atoms with van der Waals surface area (Å²) in [5.41, 5.74) is 1.08. The average Bonchev–Trinajstić information content (AvgIpc) is 3.47. The average molecular weight is 641 g/mol. The van der Waals surface area contributed by atoms with Crippen molar-refractivity contribution in [2.45, 2.75) is 22.7 Å². The molecular formula is C32H21FN4O6S2. The number of halogens is 1. The van der Waals surface area contributed by atoms with Gasteiger partial charge in [-0.15, -0.1) is 0 Å². The van der Waals surface area contributed by atoms with E-state index >= 15 is 0 Å². The highest BCUT2D eigenvalue weighted by molar-refractivity contribution is 8.00. The van der Waals surface area contributed by atoms with E-state index in [0.717, 1.165) is 38.8 Å². The second kappa shape index (κ2) is 11.1. The fraction of sp³-hybridized carbons (Fsp3) is 0.125. The van der Waals surface area contributed by atoms with E-state index in [4.69, 9.17) is 0 Å². The number of thioether (sulfide) groups is 1. The maximum absolute atomic E-state index is 13.9. The molecule has 0 spiro atoms. The van der Waals surface area contributed by atoms with Crippen molar-refractivity contribution in [2.24, 2.45) is 5.92 Å². The molecule has 4 aromatic carbocycles. The smallest absolute Gasteiger partial charge is 0.308 e. The molecule has 3 heterocycles. The number of fused-ring (bicyclic) bond motifs is 3. The zero-order valence-corrected chi connectivity index (χ0v) is 24.7. The number of non-ortho nitro benzene ring substituents is 1. The van der Waals surface area contributed by atoms with Gasteiger partial charge in [-0.2, -0.15) is 0 Å². The van der Waals surface area contributed by atoms with E-state index in [1.54, 1.807) is 6.07 Å². The van der Waals surface area contributed by atoms with Crippen LogP contribution in [0, 0.1) is 21.8 Å². The van der Waals surface area contributed by atoms with Gasteiger partial charge >= 0.3 is 4.87 Å². The number of amides is 3. The molecule has 0 aliphatic carbocycles. The summed E-state index contributed by atoms with van der Waals surface area (Å²) in [6.07, 6.45) is 0. The third-order valence-electron chi connectivity index (χ3n) is 7.93. The summed E-state index contributed by atoms with van der Waals surface area (Å²) in [6, 6.07) is 23.8. The SMILES string of the molecule is O=C(Cn1c2c(sc1=O)[C@H](c1ccc(F)cc1)C1C(=O)N(c3ccc([N+](=O)[O-])cc3)C(=O)C1S2)Nc1ccc2ccccc2c1. The van der Waals surface area contributed by atoms with Gasteiger partial charge in [0.15, 0.2) is 0 Å². The zero-order chi connectivity index (χ0) is 31.4. The number of carbonyl (C=O) groups is 3. The topological polar surface area (TPSA) is 132 Å². The van der Waals surface area contributed by atoms with Crippen LogP contribution in [0.4, 0.5) is 21.5 Å². The molecular weight excluding hydrogens is 620 g/mol. The van der Waals surface area contributed by atoms with Crippen LogP contribution in [0.25, 0.3) is 10.8 Å². The van der Waals surface area contributed by atoms with Crippen LogP contribution >= 0.6 is 23.1 Å². The fourth-order valence-electron chi connectivity index (χ4n) is 5.87. The van der Waals surface area contributed by atoms with Gasteiger partial charge in [-0.05, 0) is 52.7 Å². The van der Waals surface area contributed by atoms with Gasteiger partial charge in [0.05, 0.1) is 21.6 Å². The largest absolute Gasteiger partial charge is 0.325 e. The van der Waals surface area contributed by atoms with E-state index in [2.05, 4.69) is 5.32 Å². The summed E-state index contributed by atoms with van der Waals surface area (Å²) in [5.74, 6) is -3.73. The first kappa shape index (κ1) is 28.6. The Morgan fingerprint density at radius 1 is 0.911 bits per heavy atom. The maximum atomic E-state index is 13.9. The molecule has 45 heavy (non-hydrogen) atoms. The molecule has 1 fully saturated rings. The van der Waals surface area contributed by atoms with Crippen molar-refractivity contribution in [3.63, 3.8) is 0 Å². The predicted octanol–water partition coefficient (Wildman–Crippen LogP) is 5.54. The molecule has 1 aromatic heterocycles. The minimum atomic E-state index is -0.959. The molecule has 5 aromatic rings. The third-order valence-corrected chi connectivity index (χ3v) is 10.5. The van der Waals surface area contributed by atoms with Crippen LogP contribution in [-0.2, 0) is 20.9 Å². The van der Waals surface area contributed by atoms with Crippen LogP contribution in [0.15, 0.2) is 101 Å². The first-order chi connectivity index (χ1) is 21.7. The van der Waals surface area contributed by atoms with Crippen LogP contribution in [0.2, 0.25) is 0 Å². The van der Waals surface area contributed by atoms with Crippen molar-refractivity contribution in [1.82, 2.24) is 4.57 Å². The van der Waals surface area contributed by atoms with Crippen molar-refractivity contribution in [3.8, 4) is 0 Å². The van der Waals surface area contributed by atoms with E-state index in [1.807, 2.05) is 36.4 Å². The van der Waals surface area contributed by atoms with E-state index < -0.39 is 50.4 Å². The van der Waals surface area contributed by atoms with Crippen LogP contribution in [0.5, 0.6) is 0 Å². The number of carbonyl (C=O) groups excluding carboxylic acids is 3. The van der Waals surface area contributed by atoms with Crippen molar-refractivity contribution >= 4 is 68.7 Å². The van der Waals surface area contributed by atoms with Gasteiger partial charge in [0.1, 0.15) is 17.6 Å². The van der Waals surface area contributed by atoms with Crippen LogP contribution in [0.1, 0.15) is 16.4 Å². The second-order valence-electron chi connectivity index (χ2n) is 10.6. The molecule has 7 rings (SSSR count). The lowest BCUT2D eigenvalue weighted by Gasteiger charge is -2.30. The molecule has 224 valence electrons. The monoisotopic (exact) mass is 640 g/mol. The molecule has 2 aliphatic rings. The summed E-state index contributed by atoms with van der Waals surface area (Å²) in [6.45, 7) is -0.327. The van der Waals surface area contributed by atoms with Crippen LogP contribution in [0.3, 0.4) is 0 Å². The highest BCUT2D eigenvalue weighted by atomic mass is 32.2. The van der Waals surface area contributed by atoms with Gasteiger partial charge in [0, 0.05) is 28.6 Å². The Balaban J connectivity index is 1.25. The molecule has 0 saturated carbocycles. The molecule has 10 nitrogen and oxygen atoms in total. The number of hydrogen-bond acceptors (Lipinski definition) is 8. The van der Waals surface area contributed by atoms with Gasteiger partial charge in [-0.1, -0.05) is 65.6 Å². The predicted molar refractivity (Wildman–Crippen MR) is 168 cm³/mol. The molecule has 1 N–H and O–H groups in total. The Kier molecular flexibility index (Phi) is 7.06. The Bertz CT molecular complexity index is 2090. The van der Waals surface area contributed by atoms with Crippen molar-refractivity contribution in [3.05, 3.63) is 127 Å². The van der Waals surface area contributed by atoms with Crippen molar-refractivity contribution in [2.75, 3.05) is 10.2 Å². The lowest BCUT2D eigenvalue weighted by molar-refractivity contribution is -0.384. The number of hydrogen-bond donors (Lipinski definition) is 1. The first-order valence-corrected chi connectivity index (χ1v) is 15.5. The van der Waals surface area contributed by atoms with E-state index in [0.29, 0.717) is 21.2 Å². The lowest BCUT2D eigenvalue weighted by Crippen LogP contribution is -2.33. The molecule has 2 aliphatic heterocycles. The Morgan fingerprint density at radius 2 is 1.62 bits per heavy atom. The van der Waals surface area contributed by atoms with E-state index in [9.17, 15) is 33.7 Å². The third kappa shape index (κ3) is 4.99. The number of thiazole rings is 1. The number of benzene rings is 4. The number of imide groups is 1. The lowest BCUT2D eigenvalue weighted by atomic mass is 9.83.